The maximum atomic E-state index is 11.8. The van der Waals surface area contributed by atoms with Gasteiger partial charge in [0.25, 0.3) is 0 Å². The van der Waals surface area contributed by atoms with E-state index in [1.54, 1.807) is 18.3 Å². The van der Waals surface area contributed by atoms with Gasteiger partial charge < -0.3 is 15.4 Å². The molecule has 0 aliphatic heterocycles. The number of thiocarbonyl (C=S) groups is 1. The Morgan fingerprint density at radius 2 is 2.00 bits per heavy atom. The van der Waals surface area contributed by atoms with Gasteiger partial charge in [-0.2, -0.15) is 5.16 Å². The van der Waals surface area contributed by atoms with Crippen LogP contribution in [0.4, 0.5) is 0 Å². The fourth-order valence-electron chi connectivity index (χ4n) is 1.58. The average Bonchev–Trinajstić information content (AvgIpc) is 2.45. The van der Waals surface area contributed by atoms with Crippen molar-refractivity contribution in [3.8, 4) is 5.75 Å². The molecule has 4 nitrogen and oxygen atoms in total. The number of halogens is 2. The van der Waals surface area contributed by atoms with Crippen molar-refractivity contribution < 1.29 is 22.2 Å². The second kappa shape index (κ2) is 14.3. The van der Waals surface area contributed by atoms with Gasteiger partial charge in [-0.1, -0.05) is 59.3 Å². The first-order valence-corrected chi connectivity index (χ1v) is 7.97. The van der Waals surface area contributed by atoms with Crippen molar-refractivity contribution in [1.29, 1.82) is 0 Å². The topological polar surface area (TPSA) is 61.0 Å². The number of hydrogen-bond donors (Lipinski definition) is 0. The molecule has 0 saturated heterocycles. The van der Waals surface area contributed by atoms with Crippen LogP contribution in [-0.4, -0.2) is 42.5 Å². The minimum Gasteiger partial charge on any atom is -0.871 e. The molecule has 1 radical (unpaired) electrons. The fourth-order valence-corrected chi connectivity index (χ4v) is 2.41. The summed E-state index contributed by atoms with van der Waals surface area (Å²) in [6.07, 6.45) is 1.60. The first kappa shape index (κ1) is 24.0. The molecule has 22 heavy (non-hydrogen) atoms. The largest absolute Gasteiger partial charge is 2.00 e. The summed E-state index contributed by atoms with van der Waals surface area (Å²) in [7, 11) is 0. The predicted molar refractivity (Wildman–Crippen MR) is 94.8 cm³/mol. The number of likely N-dealkylation sites (N-methyl/N-ethyl adjacent to an activating group) is 1. The third kappa shape index (κ3) is 9.69. The van der Waals surface area contributed by atoms with Crippen molar-refractivity contribution in [3.63, 3.8) is 0 Å². The molecule has 0 aliphatic rings. The summed E-state index contributed by atoms with van der Waals surface area (Å²) in [5, 5.41) is 20.8. The van der Waals surface area contributed by atoms with E-state index in [9.17, 15) is 5.11 Å². The van der Waals surface area contributed by atoms with E-state index in [1.807, 2.05) is 0 Å². The zero-order valence-corrected chi connectivity index (χ0v) is 16.4. The molecule has 0 aliphatic carbocycles. The molecule has 0 unspecified atom stereocenters. The minimum absolute atomic E-state index is 0. The van der Waals surface area contributed by atoms with E-state index in [-0.39, 0.29) is 22.8 Å². The van der Waals surface area contributed by atoms with Gasteiger partial charge in [-0.05, 0) is 30.8 Å². The van der Waals surface area contributed by atoms with Gasteiger partial charge in [-0.3, -0.25) is 4.99 Å². The Balaban J connectivity index is 0. The molecule has 0 heterocycles. The Kier molecular flexibility index (Phi) is 15.6. The van der Waals surface area contributed by atoms with Crippen LogP contribution < -0.4 is 5.11 Å². The van der Waals surface area contributed by atoms with E-state index in [0.29, 0.717) is 21.6 Å². The molecule has 0 fully saturated rings. The quantitative estimate of drug-likeness (QED) is 0.375. The van der Waals surface area contributed by atoms with Crippen LogP contribution in [0.1, 0.15) is 19.4 Å². The molecule has 0 atom stereocenters. The minimum atomic E-state index is -0.0778. The number of hydrogen-bond acceptors (Lipinski definition) is 4. The smallest absolute Gasteiger partial charge is 0.871 e. The van der Waals surface area contributed by atoms with E-state index in [4.69, 9.17) is 17.0 Å². The zero-order valence-electron chi connectivity index (χ0n) is 12.3. The molecule has 1 rings (SSSR count). The van der Waals surface area contributed by atoms with Crippen LogP contribution >= 0.6 is 39.7 Å². The van der Waals surface area contributed by atoms with Crippen LogP contribution in [0.3, 0.4) is 0 Å². The Labute approximate surface area is 161 Å². The normalized spacial score (nSPS) is 9.86. The summed E-state index contributed by atoms with van der Waals surface area (Å²) in [6, 6.07) is 3.23. The van der Waals surface area contributed by atoms with Crippen molar-refractivity contribution in [3.05, 3.63) is 32.6 Å². The van der Waals surface area contributed by atoms with Crippen LogP contribution in [0.25, 0.3) is 5.41 Å². The van der Waals surface area contributed by atoms with Gasteiger partial charge in [-0.25, -0.2) is 0 Å². The molecule has 125 valence electrons. The Morgan fingerprint density at radius 3 is 2.50 bits per heavy atom. The second-order valence-electron chi connectivity index (χ2n) is 3.96. The van der Waals surface area contributed by atoms with E-state index in [2.05, 4.69) is 51.9 Å². The van der Waals surface area contributed by atoms with Crippen molar-refractivity contribution in [2.45, 2.75) is 13.8 Å². The molecule has 0 N–H and O–H groups in total. The van der Waals surface area contributed by atoms with E-state index < -0.39 is 0 Å². The number of benzene rings is 1. The standard InChI is InChI=1S/C13H18BrClN2O.CNS.Cu/c1-3-17(4-2)6-5-16-9-10-7-11(15)8-12(14)13(10)18;2-1-3;/h7-9,18H,3-6H2,1-2H3;;/q;-1;+2/p-1. The van der Waals surface area contributed by atoms with E-state index in [1.165, 1.54) is 5.16 Å². The Bertz CT molecular complexity index is 507. The van der Waals surface area contributed by atoms with E-state index in [0.717, 1.165) is 19.6 Å². The second-order valence-corrected chi connectivity index (χ2v) is 5.43. The van der Waals surface area contributed by atoms with Gasteiger partial charge >= 0.3 is 17.1 Å². The predicted octanol–water partition coefficient (Wildman–Crippen LogP) is 3.59. The van der Waals surface area contributed by atoms with Gasteiger partial charge in [0, 0.05) is 22.3 Å². The van der Waals surface area contributed by atoms with Gasteiger partial charge in [0.15, 0.2) is 0 Å². The fraction of sp³-hybridized carbons (Fsp3) is 0.429. The molecule has 1 aromatic carbocycles. The molecule has 0 aromatic heterocycles. The van der Waals surface area contributed by atoms with Crippen LogP contribution in [0.2, 0.25) is 5.02 Å². The van der Waals surface area contributed by atoms with Gasteiger partial charge in [-0.15, -0.1) is 0 Å². The SMILES string of the molecule is CCN(CC)CCN=Cc1cc(Cl)cc(Br)c1[O-].[Cu+2].[N-]=C=S. The monoisotopic (exact) mass is 452 g/mol. The van der Waals surface area contributed by atoms with Gasteiger partial charge in [0.05, 0.1) is 6.54 Å². The number of nitrogens with zero attached hydrogens (tertiary/aromatic N) is 3. The molecular formula is C14H17BrClCuN3OS. The zero-order chi connectivity index (χ0) is 16.3. The maximum Gasteiger partial charge on any atom is 2.00 e. The summed E-state index contributed by atoms with van der Waals surface area (Å²) in [6.45, 7) is 7.86. The van der Waals surface area contributed by atoms with Crippen LogP contribution in [0.15, 0.2) is 21.6 Å². The van der Waals surface area contributed by atoms with Gasteiger partial charge in [0.1, 0.15) is 0 Å². The van der Waals surface area contributed by atoms with Crippen molar-refractivity contribution >= 4 is 51.1 Å². The summed E-state index contributed by atoms with van der Waals surface area (Å²) in [4.78, 5) is 6.56. The molecule has 0 saturated carbocycles. The molecule has 1 aromatic rings. The summed E-state index contributed by atoms with van der Waals surface area (Å²) in [5.74, 6) is -0.0778. The third-order valence-electron chi connectivity index (χ3n) is 2.71. The van der Waals surface area contributed by atoms with Crippen LogP contribution in [0, 0.1) is 0 Å². The summed E-state index contributed by atoms with van der Waals surface area (Å²) >= 11 is 12.8. The maximum absolute atomic E-state index is 11.8. The third-order valence-corrected chi connectivity index (χ3v) is 3.51. The Hall–Kier alpha value is -0.261. The van der Waals surface area contributed by atoms with Crippen LogP contribution in [-0.2, 0) is 17.1 Å². The Morgan fingerprint density at radius 1 is 1.45 bits per heavy atom. The van der Waals surface area contributed by atoms with Crippen molar-refractivity contribution in [2.24, 2.45) is 4.99 Å². The average molecular weight is 454 g/mol. The first-order chi connectivity index (χ1) is 9.99. The summed E-state index contributed by atoms with van der Waals surface area (Å²) in [5.41, 5.74) is 0.522. The van der Waals surface area contributed by atoms with E-state index >= 15 is 0 Å². The molecule has 0 bridgehead atoms. The number of rotatable bonds is 6. The molecule has 0 amide bonds. The van der Waals surface area contributed by atoms with Crippen molar-refractivity contribution in [1.82, 2.24) is 4.90 Å². The molecule has 0 spiro atoms. The van der Waals surface area contributed by atoms with Crippen LogP contribution in [0.5, 0.6) is 5.75 Å². The number of isothiocyanates is 1. The molecular weight excluding hydrogens is 437 g/mol. The molecule has 8 heteroatoms. The first-order valence-electron chi connectivity index (χ1n) is 6.39. The summed E-state index contributed by atoms with van der Waals surface area (Å²) < 4.78 is 0.472. The number of aliphatic imine (C=N–C) groups is 1. The van der Waals surface area contributed by atoms with Gasteiger partial charge in [0.2, 0.25) is 0 Å². The van der Waals surface area contributed by atoms with Crippen molar-refractivity contribution in [2.75, 3.05) is 26.2 Å².